The standard InChI is InChI=1S/C25H20BrFN2O3S/c1-15-7-9-18(10-8-15)28-25-29-24(30)22(33-25)13-16-11-19(26)23(21(12-16)31-2)32-14-17-5-3-4-6-20(17)27/h3-13H,14H2,1-2H3,(H,28,29,30)/b22-13-. The van der Waals surface area contributed by atoms with Gasteiger partial charge in [0.05, 0.1) is 22.2 Å². The van der Waals surface area contributed by atoms with Crippen LogP contribution in [0.25, 0.3) is 6.08 Å². The fourth-order valence-electron chi connectivity index (χ4n) is 3.10. The number of ether oxygens (including phenoxy) is 2. The first-order chi connectivity index (χ1) is 15.9. The third-order valence-corrected chi connectivity index (χ3v) is 6.29. The molecule has 3 aromatic carbocycles. The van der Waals surface area contributed by atoms with Crippen LogP contribution < -0.4 is 14.8 Å². The summed E-state index contributed by atoms with van der Waals surface area (Å²) in [6, 6.07) is 17.8. The molecule has 0 radical (unpaired) electrons. The van der Waals surface area contributed by atoms with E-state index < -0.39 is 0 Å². The monoisotopic (exact) mass is 526 g/mol. The number of amidine groups is 1. The van der Waals surface area contributed by atoms with E-state index in [9.17, 15) is 9.18 Å². The highest BCUT2D eigenvalue weighted by atomic mass is 79.9. The van der Waals surface area contributed by atoms with Crippen LogP contribution in [-0.4, -0.2) is 18.2 Å². The average Bonchev–Trinajstić information content (AvgIpc) is 3.13. The number of methoxy groups -OCH3 is 1. The van der Waals surface area contributed by atoms with Crippen LogP contribution in [0, 0.1) is 12.7 Å². The first-order valence-electron chi connectivity index (χ1n) is 10.0. The largest absolute Gasteiger partial charge is 0.493 e. The van der Waals surface area contributed by atoms with E-state index in [-0.39, 0.29) is 18.3 Å². The Bertz CT molecular complexity index is 1260. The molecule has 0 atom stereocenters. The number of hydrogen-bond acceptors (Lipinski definition) is 5. The van der Waals surface area contributed by atoms with E-state index >= 15 is 0 Å². The molecule has 0 saturated carbocycles. The predicted molar refractivity (Wildman–Crippen MR) is 133 cm³/mol. The molecule has 1 aliphatic rings. The Labute approximate surface area is 203 Å². The number of aliphatic imine (C=N–C) groups is 1. The van der Waals surface area contributed by atoms with Crippen LogP contribution in [0.4, 0.5) is 10.1 Å². The smallest absolute Gasteiger partial charge is 0.264 e. The van der Waals surface area contributed by atoms with Crippen LogP contribution in [0.1, 0.15) is 16.7 Å². The Hall–Kier alpha value is -3.10. The highest BCUT2D eigenvalue weighted by molar-refractivity contribution is 9.10. The lowest BCUT2D eigenvalue weighted by Gasteiger charge is -2.14. The number of rotatable bonds is 6. The van der Waals surface area contributed by atoms with Gasteiger partial charge in [0.2, 0.25) is 0 Å². The quantitative estimate of drug-likeness (QED) is 0.378. The minimum Gasteiger partial charge on any atom is -0.493 e. The van der Waals surface area contributed by atoms with Gasteiger partial charge in [-0.2, -0.15) is 0 Å². The van der Waals surface area contributed by atoms with Crippen molar-refractivity contribution in [1.29, 1.82) is 0 Å². The van der Waals surface area contributed by atoms with Gasteiger partial charge >= 0.3 is 0 Å². The molecule has 3 aromatic rings. The number of carbonyl (C=O) groups is 1. The fraction of sp³-hybridized carbons (Fsp3) is 0.120. The molecule has 5 nitrogen and oxygen atoms in total. The molecular weight excluding hydrogens is 507 g/mol. The molecule has 1 fully saturated rings. The molecule has 0 aliphatic carbocycles. The molecule has 1 aliphatic heterocycles. The summed E-state index contributed by atoms with van der Waals surface area (Å²) in [7, 11) is 1.53. The SMILES string of the molecule is COc1cc(/C=C2\SC(=Nc3ccc(C)cc3)NC2=O)cc(Br)c1OCc1ccccc1F. The van der Waals surface area contributed by atoms with Crippen molar-refractivity contribution in [2.24, 2.45) is 4.99 Å². The fourth-order valence-corrected chi connectivity index (χ4v) is 4.51. The average molecular weight is 527 g/mol. The van der Waals surface area contributed by atoms with Crippen LogP contribution in [0.5, 0.6) is 11.5 Å². The van der Waals surface area contributed by atoms with E-state index in [1.807, 2.05) is 37.3 Å². The first-order valence-corrected chi connectivity index (χ1v) is 11.6. The van der Waals surface area contributed by atoms with Gasteiger partial charge in [-0.25, -0.2) is 9.38 Å². The van der Waals surface area contributed by atoms with Crippen molar-refractivity contribution in [3.8, 4) is 11.5 Å². The lowest BCUT2D eigenvalue weighted by molar-refractivity contribution is -0.115. The summed E-state index contributed by atoms with van der Waals surface area (Å²) in [6.45, 7) is 2.06. The van der Waals surface area contributed by atoms with Crippen molar-refractivity contribution in [2.45, 2.75) is 13.5 Å². The molecule has 0 aromatic heterocycles. The number of nitrogens with zero attached hydrogens (tertiary/aromatic N) is 1. The number of aryl methyl sites for hydroxylation is 1. The zero-order chi connectivity index (χ0) is 23.4. The topological polar surface area (TPSA) is 59.9 Å². The van der Waals surface area contributed by atoms with Gasteiger partial charge in [-0.3, -0.25) is 4.79 Å². The second-order valence-corrected chi connectivity index (χ2v) is 9.12. The van der Waals surface area contributed by atoms with E-state index in [1.54, 1.807) is 30.3 Å². The zero-order valence-electron chi connectivity index (χ0n) is 17.9. The third-order valence-electron chi connectivity index (χ3n) is 4.79. The van der Waals surface area contributed by atoms with Crippen LogP contribution in [0.3, 0.4) is 0 Å². The minimum atomic E-state index is -0.332. The highest BCUT2D eigenvalue weighted by Crippen LogP contribution is 2.39. The summed E-state index contributed by atoms with van der Waals surface area (Å²) in [5.74, 6) is 0.361. The van der Waals surface area contributed by atoms with Crippen molar-refractivity contribution in [1.82, 2.24) is 5.32 Å². The maximum Gasteiger partial charge on any atom is 0.264 e. The van der Waals surface area contributed by atoms with Gasteiger partial charge in [-0.15, -0.1) is 0 Å². The molecule has 168 valence electrons. The van der Waals surface area contributed by atoms with Gasteiger partial charge in [-0.05, 0) is 76.6 Å². The van der Waals surface area contributed by atoms with Crippen LogP contribution >= 0.6 is 27.7 Å². The van der Waals surface area contributed by atoms with Crippen LogP contribution in [-0.2, 0) is 11.4 Å². The maximum atomic E-state index is 13.9. The van der Waals surface area contributed by atoms with Gasteiger partial charge in [0.25, 0.3) is 5.91 Å². The maximum absolute atomic E-state index is 13.9. The lowest BCUT2D eigenvalue weighted by Crippen LogP contribution is -2.19. The van der Waals surface area contributed by atoms with Crippen molar-refractivity contribution >= 4 is 50.5 Å². The second-order valence-electron chi connectivity index (χ2n) is 7.23. The molecule has 4 rings (SSSR count). The molecule has 33 heavy (non-hydrogen) atoms. The number of hydrogen-bond donors (Lipinski definition) is 1. The zero-order valence-corrected chi connectivity index (χ0v) is 20.3. The number of carbonyl (C=O) groups excluding carboxylic acids is 1. The highest BCUT2D eigenvalue weighted by Gasteiger charge is 2.24. The third kappa shape index (κ3) is 5.64. The number of thioether (sulfide) groups is 1. The molecular formula is C25H20BrFN2O3S. The summed E-state index contributed by atoms with van der Waals surface area (Å²) in [4.78, 5) is 17.4. The van der Waals surface area contributed by atoms with Crippen molar-refractivity contribution in [3.05, 3.63) is 92.5 Å². The van der Waals surface area contributed by atoms with Gasteiger partial charge < -0.3 is 14.8 Å². The van der Waals surface area contributed by atoms with E-state index in [1.165, 1.54) is 24.9 Å². The summed E-state index contributed by atoms with van der Waals surface area (Å²) in [5.41, 5.74) is 3.09. The van der Waals surface area contributed by atoms with Gasteiger partial charge in [0.1, 0.15) is 12.4 Å². The number of benzene rings is 3. The Morgan fingerprint density at radius 3 is 2.64 bits per heavy atom. The van der Waals surface area contributed by atoms with Gasteiger partial charge in [-0.1, -0.05) is 35.9 Å². The Morgan fingerprint density at radius 2 is 1.91 bits per heavy atom. The number of amides is 1. The molecule has 0 unspecified atom stereocenters. The summed E-state index contributed by atoms with van der Waals surface area (Å²) in [5, 5.41) is 3.31. The molecule has 1 amide bonds. The Morgan fingerprint density at radius 1 is 1.15 bits per heavy atom. The van der Waals surface area contributed by atoms with Crippen LogP contribution in [0.2, 0.25) is 0 Å². The molecule has 0 bridgehead atoms. The molecule has 0 spiro atoms. The molecule has 1 saturated heterocycles. The summed E-state index contributed by atoms with van der Waals surface area (Å²) < 4.78 is 25.8. The first kappa shape index (κ1) is 23.1. The number of nitrogens with one attached hydrogen (secondary N) is 1. The minimum absolute atomic E-state index is 0.0547. The van der Waals surface area contributed by atoms with Crippen molar-refractivity contribution < 1.29 is 18.7 Å². The van der Waals surface area contributed by atoms with E-state index in [4.69, 9.17) is 9.47 Å². The van der Waals surface area contributed by atoms with Gasteiger partial charge in [0.15, 0.2) is 16.7 Å². The number of halogens is 2. The van der Waals surface area contributed by atoms with Crippen molar-refractivity contribution in [2.75, 3.05) is 7.11 Å². The van der Waals surface area contributed by atoms with Crippen molar-refractivity contribution in [3.63, 3.8) is 0 Å². The second kappa shape index (κ2) is 10.2. The van der Waals surface area contributed by atoms with Crippen LogP contribution in [0.15, 0.2) is 75.0 Å². The summed E-state index contributed by atoms with van der Waals surface area (Å²) in [6.07, 6.45) is 1.76. The van der Waals surface area contributed by atoms with E-state index in [2.05, 4.69) is 26.2 Å². The lowest BCUT2D eigenvalue weighted by atomic mass is 10.1. The van der Waals surface area contributed by atoms with Gasteiger partial charge in [0, 0.05) is 5.56 Å². The van der Waals surface area contributed by atoms with E-state index in [0.717, 1.165) is 16.8 Å². The molecule has 1 N–H and O–H groups in total. The summed E-state index contributed by atoms with van der Waals surface area (Å²) >= 11 is 4.76. The predicted octanol–water partition coefficient (Wildman–Crippen LogP) is 6.38. The van der Waals surface area contributed by atoms with E-state index in [0.29, 0.717) is 31.6 Å². The Kier molecular flexibility index (Phi) is 7.15. The normalized spacial score (nSPS) is 15.7. The Balaban J connectivity index is 1.54. The molecule has 1 heterocycles. The molecule has 8 heteroatoms.